The van der Waals surface area contributed by atoms with Crippen molar-refractivity contribution < 1.29 is 23.4 Å². The quantitative estimate of drug-likeness (QED) is 0.498. The number of carboxylic acids is 1. The summed E-state index contributed by atoms with van der Waals surface area (Å²) in [5, 5.41) is 13.6. The number of aryl methyl sites for hydroxylation is 2. The minimum Gasteiger partial charge on any atom is -0.478 e. The Morgan fingerprint density at radius 3 is 2.33 bits per heavy atom. The minimum atomic E-state index is -1.32. The zero-order chi connectivity index (χ0) is 24.2. The van der Waals surface area contributed by atoms with Crippen LogP contribution in [0.3, 0.4) is 0 Å². The second-order valence-electron chi connectivity index (χ2n) is 8.26. The number of hydrogen-bond acceptors (Lipinski definition) is 4. The van der Waals surface area contributed by atoms with Crippen LogP contribution in [0.4, 0.5) is 8.78 Å². The predicted octanol–water partition coefficient (Wildman–Crippen LogP) is 3.81. The van der Waals surface area contributed by atoms with E-state index >= 15 is 0 Å². The zero-order valence-corrected chi connectivity index (χ0v) is 18.8. The molecule has 0 saturated heterocycles. The fraction of sp³-hybridized carbons (Fsp3) is 0.375. The highest BCUT2D eigenvalue weighted by molar-refractivity contribution is 5.76. The van der Waals surface area contributed by atoms with Gasteiger partial charge in [0.15, 0.2) is 17.2 Å². The van der Waals surface area contributed by atoms with Crippen LogP contribution in [0.1, 0.15) is 44.1 Å². The van der Waals surface area contributed by atoms with Crippen molar-refractivity contribution in [3.63, 3.8) is 0 Å². The number of ether oxygens (including phenoxy) is 1. The van der Waals surface area contributed by atoms with E-state index in [2.05, 4.69) is 5.10 Å². The molecule has 9 heteroatoms. The molecule has 0 aliphatic rings. The molecular weight excluding hydrogens is 432 g/mol. The van der Waals surface area contributed by atoms with E-state index in [-0.39, 0.29) is 12.2 Å². The molecule has 33 heavy (non-hydrogen) atoms. The van der Waals surface area contributed by atoms with Gasteiger partial charge in [0.05, 0.1) is 6.54 Å². The Kier molecular flexibility index (Phi) is 7.30. The lowest BCUT2D eigenvalue weighted by molar-refractivity contribution is -0.152. The maximum absolute atomic E-state index is 13.5. The molecule has 2 aromatic carbocycles. The Balaban J connectivity index is 1.63. The zero-order valence-electron chi connectivity index (χ0n) is 18.8. The molecule has 1 aromatic heterocycles. The van der Waals surface area contributed by atoms with Crippen LogP contribution in [0, 0.1) is 11.6 Å². The van der Waals surface area contributed by atoms with E-state index in [4.69, 9.17) is 9.84 Å². The number of aromatic nitrogens is 3. The molecular formula is C24H27F2N3O4. The van der Waals surface area contributed by atoms with E-state index in [1.807, 2.05) is 19.1 Å². The maximum Gasteiger partial charge on any atom is 0.347 e. The molecule has 3 aromatic rings. The number of carboxylic acid groups (broad SMARTS) is 1. The van der Waals surface area contributed by atoms with Crippen LogP contribution < -0.4 is 10.4 Å². The molecule has 0 spiro atoms. The Bertz CT molecular complexity index is 1180. The van der Waals surface area contributed by atoms with Gasteiger partial charge in [-0.1, -0.05) is 18.2 Å². The molecule has 0 radical (unpaired) electrons. The molecule has 0 aliphatic carbocycles. The second-order valence-corrected chi connectivity index (χ2v) is 8.26. The third-order valence-electron chi connectivity index (χ3n) is 5.31. The summed E-state index contributed by atoms with van der Waals surface area (Å²) in [4.78, 5) is 23.8. The van der Waals surface area contributed by atoms with Gasteiger partial charge in [-0.3, -0.25) is 4.57 Å². The molecule has 7 nitrogen and oxygen atoms in total. The molecule has 3 rings (SSSR count). The number of aliphatic carboxylic acids is 1. The van der Waals surface area contributed by atoms with E-state index < -0.39 is 23.2 Å². The van der Waals surface area contributed by atoms with Crippen molar-refractivity contribution in [1.82, 2.24) is 14.3 Å². The fourth-order valence-electron chi connectivity index (χ4n) is 3.42. The second kappa shape index (κ2) is 9.97. The molecule has 0 amide bonds. The number of carbonyl (C=O) groups is 1. The number of nitrogens with zero attached hydrogens (tertiary/aromatic N) is 3. The predicted molar refractivity (Wildman–Crippen MR) is 118 cm³/mol. The van der Waals surface area contributed by atoms with Crippen molar-refractivity contribution in [1.29, 1.82) is 0 Å². The summed E-state index contributed by atoms with van der Waals surface area (Å²) in [5.41, 5.74) is -0.109. The van der Waals surface area contributed by atoms with Gasteiger partial charge in [0.25, 0.3) is 0 Å². The summed E-state index contributed by atoms with van der Waals surface area (Å²) >= 11 is 0. The first-order valence-electron chi connectivity index (χ1n) is 10.7. The first-order chi connectivity index (χ1) is 15.6. The van der Waals surface area contributed by atoms with Crippen LogP contribution in [0.25, 0.3) is 0 Å². The third kappa shape index (κ3) is 5.85. The molecule has 0 aliphatic heterocycles. The van der Waals surface area contributed by atoms with Gasteiger partial charge in [-0.25, -0.2) is 23.1 Å². The molecule has 0 fully saturated rings. The molecule has 1 N–H and O–H groups in total. The monoisotopic (exact) mass is 459 g/mol. The topological polar surface area (TPSA) is 86.3 Å². The molecule has 176 valence electrons. The standard InChI is InChI=1S/C24H27F2N3O4/c1-4-28-21(27-29(23(28)32)15-17-10-13-19(25)20(26)14-17)7-5-6-16-8-11-18(12-9-16)33-24(2,3)22(30)31/h8-14H,4-7,15H2,1-3H3,(H,30,31). The van der Waals surface area contributed by atoms with Crippen molar-refractivity contribution >= 4 is 5.97 Å². The van der Waals surface area contributed by atoms with Crippen LogP contribution in [0.5, 0.6) is 5.75 Å². The van der Waals surface area contributed by atoms with Crippen molar-refractivity contribution in [2.45, 2.75) is 58.7 Å². The summed E-state index contributed by atoms with van der Waals surface area (Å²) in [6.45, 7) is 5.35. The van der Waals surface area contributed by atoms with Crippen molar-refractivity contribution in [3.05, 3.63) is 81.5 Å². The maximum atomic E-state index is 13.5. The summed E-state index contributed by atoms with van der Waals surface area (Å²) in [6, 6.07) is 10.8. The van der Waals surface area contributed by atoms with Crippen LogP contribution in [0.15, 0.2) is 47.3 Å². The van der Waals surface area contributed by atoms with Gasteiger partial charge in [-0.2, -0.15) is 5.10 Å². The lowest BCUT2D eigenvalue weighted by Crippen LogP contribution is -2.37. The SMILES string of the molecule is CCn1c(CCCc2ccc(OC(C)(C)C(=O)O)cc2)nn(Cc2ccc(F)c(F)c2)c1=O. The fourth-order valence-corrected chi connectivity index (χ4v) is 3.42. The Morgan fingerprint density at radius 2 is 1.73 bits per heavy atom. The highest BCUT2D eigenvalue weighted by atomic mass is 19.2. The van der Waals surface area contributed by atoms with Crippen LogP contribution >= 0.6 is 0 Å². The Morgan fingerprint density at radius 1 is 1.06 bits per heavy atom. The average Bonchev–Trinajstić information content (AvgIpc) is 3.06. The summed E-state index contributed by atoms with van der Waals surface area (Å²) in [7, 11) is 0. The normalized spacial score (nSPS) is 11.5. The van der Waals surface area contributed by atoms with Crippen LogP contribution in [-0.2, 0) is 30.7 Å². The molecule has 0 saturated carbocycles. The summed E-state index contributed by atoms with van der Waals surface area (Å²) < 4.78 is 35.0. The van der Waals surface area contributed by atoms with Gasteiger partial charge >= 0.3 is 11.7 Å². The smallest absolute Gasteiger partial charge is 0.347 e. The first kappa shape index (κ1) is 24.2. The number of halogens is 2. The lowest BCUT2D eigenvalue weighted by atomic mass is 10.1. The average molecular weight is 459 g/mol. The molecule has 0 atom stereocenters. The van der Waals surface area contributed by atoms with E-state index in [1.165, 1.54) is 24.6 Å². The van der Waals surface area contributed by atoms with Gasteiger partial charge in [-0.15, -0.1) is 0 Å². The van der Waals surface area contributed by atoms with Crippen molar-refractivity contribution in [3.8, 4) is 5.75 Å². The minimum absolute atomic E-state index is 0.0597. The van der Waals surface area contributed by atoms with Crippen molar-refractivity contribution in [2.24, 2.45) is 0 Å². The van der Waals surface area contributed by atoms with Gasteiger partial charge in [0.1, 0.15) is 11.6 Å². The van der Waals surface area contributed by atoms with Gasteiger partial charge < -0.3 is 9.84 Å². The largest absolute Gasteiger partial charge is 0.478 e. The molecule has 0 bridgehead atoms. The van der Waals surface area contributed by atoms with Crippen molar-refractivity contribution in [2.75, 3.05) is 0 Å². The number of benzene rings is 2. The number of hydrogen-bond donors (Lipinski definition) is 1. The van der Waals surface area contributed by atoms with Gasteiger partial charge in [0.2, 0.25) is 0 Å². The third-order valence-corrected chi connectivity index (χ3v) is 5.31. The van der Waals surface area contributed by atoms with E-state index in [0.717, 1.165) is 30.5 Å². The highest BCUT2D eigenvalue weighted by Gasteiger charge is 2.29. The van der Waals surface area contributed by atoms with E-state index in [1.54, 1.807) is 16.7 Å². The molecule has 0 unspecified atom stereocenters. The van der Waals surface area contributed by atoms with E-state index in [9.17, 15) is 18.4 Å². The highest BCUT2D eigenvalue weighted by Crippen LogP contribution is 2.20. The van der Waals surface area contributed by atoms with Gasteiger partial charge in [-0.05, 0) is 69.0 Å². The lowest BCUT2D eigenvalue weighted by Gasteiger charge is -2.21. The summed E-state index contributed by atoms with van der Waals surface area (Å²) in [5.74, 6) is -1.83. The Hall–Kier alpha value is -3.49. The van der Waals surface area contributed by atoms with Crippen LogP contribution in [-0.4, -0.2) is 31.0 Å². The van der Waals surface area contributed by atoms with Gasteiger partial charge in [0, 0.05) is 13.0 Å². The summed E-state index contributed by atoms with van der Waals surface area (Å²) in [6.07, 6.45) is 2.04. The van der Waals surface area contributed by atoms with E-state index in [0.29, 0.717) is 30.1 Å². The number of rotatable bonds is 10. The van der Waals surface area contributed by atoms with Crippen LogP contribution in [0.2, 0.25) is 0 Å². The molecule has 1 heterocycles. The Labute approximate surface area is 190 Å². The first-order valence-corrected chi connectivity index (χ1v) is 10.7.